The van der Waals surface area contributed by atoms with E-state index in [4.69, 9.17) is 14.2 Å². The summed E-state index contributed by atoms with van der Waals surface area (Å²) in [5.41, 5.74) is 0. The van der Waals surface area contributed by atoms with Crippen LogP contribution in [0.2, 0.25) is 0 Å². The van der Waals surface area contributed by atoms with Crippen molar-refractivity contribution < 1.29 is 23.8 Å². The summed E-state index contributed by atoms with van der Waals surface area (Å²) in [5, 5.41) is 0. The van der Waals surface area contributed by atoms with Crippen LogP contribution in [0, 0.1) is 0 Å². The SMILES string of the molecule is CC/C=C\C/C=C\C/C=C\C/C=C\C/C=C\CCCCCC(=O)OCC(COCCCCCCCCCCCCCCCC)OC(=O)CCCCC/C=C\C/C=C\C/C=C\C/C=C\C/C=C\CC. The van der Waals surface area contributed by atoms with Crippen LogP contribution in [0.3, 0.4) is 0 Å². The molecule has 0 aromatic carbocycles. The Hall–Kier alpha value is -3.70. The predicted octanol–water partition coefficient (Wildman–Crippen LogP) is 19.3. The van der Waals surface area contributed by atoms with Gasteiger partial charge in [-0.05, 0) is 109 Å². The highest BCUT2D eigenvalue weighted by Crippen LogP contribution is 2.14. The van der Waals surface area contributed by atoms with Crippen molar-refractivity contribution in [1.82, 2.24) is 0 Å². The van der Waals surface area contributed by atoms with Crippen LogP contribution in [0.1, 0.15) is 239 Å². The molecule has 0 aromatic heterocycles. The van der Waals surface area contributed by atoms with Gasteiger partial charge in [0, 0.05) is 19.4 Å². The lowest BCUT2D eigenvalue weighted by Crippen LogP contribution is -2.30. The lowest BCUT2D eigenvalue weighted by molar-refractivity contribution is -0.163. The Bertz CT molecular complexity index is 1390. The molecule has 1 atom stereocenters. The quantitative estimate of drug-likeness (QED) is 0.0345. The average Bonchev–Trinajstić information content (AvgIpc) is 3.34. The van der Waals surface area contributed by atoms with Crippen LogP contribution in [0.25, 0.3) is 0 Å². The van der Waals surface area contributed by atoms with E-state index in [0.717, 1.165) is 128 Å². The monoisotopic (exact) mass is 941 g/mol. The molecule has 0 saturated heterocycles. The normalized spacial score (nSPS) is 13.2. The zero-order valence-corrected chi connectivity index (χ0v) is 44.3. The Morgan fingerprint density at radius 2 is 0.662 bits per heavy atom. The van der Waals surface area contributed by atoms with Crippen LogP contribution in [0.4, 0.5) is 0 Å². The van der Waals surface area contributed by atoms with Crippen LogP contribution < -0.4 is 0 Å². The number of carbonyl (C=O) groups excluding carboxylic acids is 2. The number of hydrogen-bond donors (Lipinski definition) is 0. The second-order valence-electron chi connectivity index (χ2n) is 18.1. The summed E-state index contributed by atoms with van der Waals surface area (Å²) < 4.78 is 17.4. The molecule has 0 aromatic rings. The van der Waals surface area contributed by atoms with E-state index in [2.05, 4.69) is 142 Å². The van der Waals surface area contributed by atoms with Crippen molar-refractivity contribution in [2.24, 2.45) is 0 Å². The number of carbonyl (C=O) groups is 2. The van der Waals surface area contributed by atoms with Gasteiger partial charge in [0.1, 0.15) is 6.61 Å². The summed E-state index contributed by atoms with van der Waals surface area (Å²) >= 11 is 0. The fourth-order valence-electron chi connectivity index (χ4n) is 7.39. The van der Waals surface area contributed by atoms with Gasteiger partial charge in [-0.15, -0.1) is 0 Å². The molecule has 0 fully saturated rings. The molecule has 1 unspecified atom stereocenters. The Balaban J connectivity index is 4.42. The van der Waals surface area contributed by atoms with E-state index in [0.29, 0.717) is 19.4 Å². The second kappa shape index (κ2) is 57.6. The maximum absolute atomic E-state index is 12.8. The number of ether oxygens (including phenoxy) is 3. The molecule has 0 rings (SSSR count). The molecule has 0 aliphatic heterocycles. The third-order valence-electron chi connectivity index (χ3n) is 11.5. The van der Waals surface area contributed by atoms with Crippen molar-refractivity contribution in [2.45, 2.75) is 245 Å². The number of hydrogen-bond acceptors (Lipinski definition) is 5. The molecule has 0 N–H and O–H groups in total. The highest BCUT2D eigenvalue weighted by atomic mass is 16.6. The largest absolute Gasteiger partial charge is 0.462 e. The molecule has 0 radical (unpaired) electrons. The van der Waals surface area contributed by atoms with Crippen LogP contribution >= 0.6 is 0 Å². The van der Waals surface area contributed by atoms with E-state index in [1.54, 1.807) is 0 Å². The number of unbranched alkanes of at least 4 members (excludes halogenated alkanes) is 19. The predicted molar refractivity (Wildman–Crippen MR) is 297 cm³/mol. The minimum absolute atomic E-state index is 0.0490. The molecule has 0 amide bonds. The fraction of sp³-hybridized carbons (Fsp3) is 0.651. The van der Waals surface area contributed by atoms with Crippen molar-refractivity contribution >= 4 is 11.9 Å². The van der Waals surface area contributed by atoms with Gasteiger partial charge < -0.3 is 14.2 Å². The van der Waals surface area contributed by atoms with Crippen LogP contribution in [-0.4, -0.2) is 37.9 Å². The summed E-state index contributed by atoms with van der Waals surface area (Å²) in [7, 11) is 0. The zero-order valence-electron chi connectivity index (χ0n) is 44.3. The van der Waals surface area contributed by atoms with E-state index in [1.807, 2.05) is 0 Å². The van der Waals surface area contributed by atoms with Crippen LogP contribution in [0.5, 0.6) is 0 Å². The Morgan fingerprint density at radius 3 is 1.04 bits per heavy atom. The molecule has 0 heterocycles. The van der Waals surface area contributed by atoms with Crippen LogP contribution in [0.15, 0.2) is 122 Å². The molecule has 0 bridgehead atoms. The van der Waals surface area contributed by atoms with Crippen molar-refractivity contribution in [3.8, 4) is 0 Å². The van der Waals surface area contributed by atoms with Gasteiger partial charge in [0.15, 0.2) is 6.10 Å². The smallest absolute Gasteiger partial charge is 0.306 e. The number of rotatable bonds is 50. The maximum Gasteiger partial charge on any atom is 0.306 e. The van der Waals surface area contributed by atoms with Gasteiger partial charge >= 0.3 is 11.9 Å². The van der Waals surface area contributed by atoms with Gasteiger partial charge in [-0.2, -0.15) is 0 Å². The molecule has 0 aliphatic carbocycles. The molecule has 0 aliphatic rings. The first-order valence-electron chi connectivity index (χ1n) is 28.1. The van der Waals surface area contributed by atoms with Gasteiger partial charge in [-0.3, -0.25) is 9.59 Å². The van der Waals surface area contributed by atoms with Crippen LogP contribution in [-0.2, 0) is 23.8 Å². The van der Waals surface area contributed by atoms with Crippen molar-refractivity contribution in [2.75, 3.05) is 19.8 Å². The summed E-state index contributed by atoms with van der Waals surface area (Å²) in [5.74, 6) is -0.473. The second-order valence-corrected chi connectivity index (χ2v) is 18.1. The molecule has 0 spiro atoms. The first-order valence-corrected chi connectivity index (χ1v) is 28.1. The Morgan fingerprint density at radius 1 is 0.338 bits per heavy atom. The molecule has 386 valence electrons. The molecular formula is C63H104O5. The van der Waals surface area contributed by atoms with Gasteiger partial charge in [0.25, 0.3) is 0 Å². The summed E-state index contributed by atoms with van der Waals surface area (Å²) in [4.78, 5) is 25.5. The van der Waals surface area contributed by atoms with Crippen molar-refractivity contribution in [1.29, 1.82) is 0 Å². The topological polar surface area (TPSA) is 61.8 Å². The minimum atomic E-state index is -0.574. The number of allylic oxidation sites excluding steroid dienone is 20. The van der Waals surface area contributed by atoms with Crippen molar-refractivity contribution in [3.63, 3.8) is 0 Å². The Kier molecular flexibility index (Phi) is 54.5. The van der Waals surface area contributed by atoms with E-state index in [1.165, 1.54) is 77.0 Å². The first-order chi connectivity index (χ1) is 33.6. The lowest BCUT2D eigenvalue weighted by Gasteiger charge is -2.18. The highest BCUT2D eigenvalue weighted by molar-refractivity contribution is 5.70. The van der Waals surface area contributed by atoms with E-state index in [9.17, 15) is 9.59 Å². The first kappa shape index (κ1) is 64.3. The van der Waals surface area contributed by atoms with Gasteiger partial charge in [-0.1, -0.05) is 239 Å². The minimum Gasteiger partial charge on any atom is -0.462 e. The standard InChI is InChI=1S/C63H104O5/c1-4-7-10-13-16-19-22-25-28-30-32-34-36-38-41-44-47-50-53-56-62(64)67-60-61(59-66-58-55-52-49-46-43-40-27-24-21-18-15-12-9-6-3)68-63(65)57-54-51-48-45-42-39-37-35-33-31-29-26-23-20-17-14-11-8-5-2/h7-8,10-11,16-17,19-20,25-26,28-29,32-35,38-39,41-42,61H,4-6,9,12-15,18,21-24,27,30-31,36-37,40,43-60H2,1-3H3/b10-7-,11-8-,19-16-,20-17-,28-25-,29-26-,34-32-,35-33-,41-38-,42-39-. The van der Waals surface area contributed by atoms with Gasteiger partial charge in [0.05, 0.1) is 6.61 Å². The number of esters is 2. The van der Waals surface area contributed by atoms with Gasteiger partial charge in [-0.25, -0.2) is 0 Å². The molecule has 5 nitrogen and oxygen atoms in total. The molecular weight excluding hydrogens is 837 g/mol. The van der Waals surface area contributed by atoms with Gasteiger partial charge in [0.2, 0.25) is 0 Å². The molecule has 68 heavy (non-hydrogen) atoms. The average molecular weight is 942 g/mol. The summed E-state index contributed by atoms with van der Waals surface area (Å²) in [6.07, 6.45) is 80.7. The Labute approximate surface area is 420 Å². The summed E-state index contributed by atoms with van der Waals surface area (Å²) in [6.45, 7) is 7.54. The molecule has 0 saturated carbocycles. The third-order valence-corrected chi connectivity index (χ3v) is 11.5. The van der Waals surface area contributed by atoms with E-state index < -0.39 is 6.10 Å². The van der Waals surface area contributed by atoms with E-state index >= 15 is 0 Å². The summed E-state index contributed by atoms with van der Waals surface area (Å²) in [6, 6.07) is 0. The van der Waals surface area contributed by atoms with E-state index in [-0.39, 0.29) is 25.2 Å². The zero-order chi connectivity index (χ0) is 49.2. The molecule has 5 heteroatoms. The lowest BCUT2D eigenvalue weighted by atomic mass is 10.0. The highest BCUT2D eigenvalue weighted by Gasteiger charge is 2.17. The fourth-order valence-corrected chi connectivity index (χ4v) is 7.39. The maximum atomic E-state index is 12.8. The third kappa shape index (κ3) is 54.9. The van der Waals surface area contributed by atoms with Crippen molar-refractivity contribution in [3.05, 3.63) is 122 Å².